The van der Waals surface area contributed by atoms with Crippen molar-refractivity contribution in [3.05, 3.63) is 59.7 Å². The van der Waals surface area contributed by atoms with Crippen molar-refractivity contribution in [3.8, 4) is 5.75 Å². The van der Waals surface area contributed by atoms with Gasteiger partial charge in [0, 0.05) is 12.1 Å². The Morgan fingerprint density at radius 3 is 2.60 bits per heavy atom. The Morgan fingerprint density at radius 1 is 1.04 bits per heavy atom. The lowest BCUT2D eigenvalue weighted by atomic mass is 10.2. The second-order valence-corrected chi connectivity index (χ2v) is 5.79. The number of para-hydroxylation sites is 1. The van der Waals surface area contributed by atoms with Crippen molar-refractivity contribution in [1.29, 1.82) is 0 Å². The number of amides is 1. The molecule has 0 spiro atoms. The number of rotatable bonds is 8. The molecule has 1 amide bonds. The topological polar surface area (TPSA) is 64.6 Å². The second-order valence-electron chi connectivity index (χ2n) is 5.79. The number of aryl methyl sites for hydroxylation is 2. The minimum Gasteiger partial charge on any atom is -0.494 e. The maximum Gasteiger partial charge on any atom is 0.306 e. The van der Waals surface area contributed by atoms with Gasteiger partial charge >= 0.3 is 5.97 Å². The first-order valence-electron chi connectivity index (χ1n) is 8.25. The van der Waals surface area contributed by atoms with Crippen LogP contribution in [0.5, 0.6) is 5.75 Å². The Hall–Kier alpha value is -2.82. The number of hydrogen-bond acceptors (Lipinski definition) is 4. The van der Waals surface area contributed by atoms with E-state index in [0.717, 1.165) is 22.6 Å². The summed E-state index contributed by atoms with van der Waals surface area (Å²) in [6.07, 6.45) is 0.746. The van der Waals surface area contributed by atoms with Crippen molar-refractivity contribution in [1.82, 2.24) is 0 Å². The van der Waals surface area contributed by atoms with Crippen molar-refractivity contribution in [2.24, 2.45) is 0 Å². The maximum atomic E-state index is 11.8. The van der Waals surface area contributed by atoms with E-state index in [4.69, 9.17) is 9.47 Å². The van der Waals surface area contributed by atoms with Crippen LogP contribution in [0.2, 0.25) is 0 Å². The molecule has 0 saturated carbocycles. The minimum absolute atomic E-state index is 0.212. The second kappa shape index (κ2) is 9.47. The molecule has 2 rings (SSSR count). The van der Waals surface area contributed by atoms with Crippen molar-refractivity contribution < 1.29 is 19.1 Å². The number of carbonyl (C=O) groups is 2. The Labute approximate surface area is 148 Å². The highest BCUT2D eigenvalue weighted by atomic mass is 16.5. The third-order valence-corrected chi connectivity index (χ3v) is 3.57. The number of benzene rings is 2. The fraction of sp³-hybridized carbons (Fsp3) is 0.300. The van der Waals surface area contributed by atoms with Crippen LogP contribution in [0.4, 0.5) is 5.69 Å². The summed E-state index contributed by atoms with van der Waals surface area (Å²) in [4.78, 5) is 23.5. The van der Waals surface area contributed by atoms with Gasteiger partial charge in [-0.3, -0.25) is 9.59 Å². The van der Waals surface area contributed by atoms with E-state index in [-0.39, 0.29) is 18.9 Å². The lowest BCUT2D eigenvalue weighted by molar-refractivity contribution is -0.147. The average Bonchev–Trinajstić information content (AvgIpc) is 2.59. The van der Waals surface area contributed by atoms with Gasteiger partial charge in [0.15, 0.2) is 6.61 Å². The van der Waals surface area contributed by atoms with Crippen molar-refractivity contribution >= 4 is 17.6 Å². The molecule has 5 nitrogen and oxygen atoms in total. The van der Waals surface area contributed by atoms with E-state index in [0.29, 0.717) is 13.0 Å². The van der Waals surface area contributed by atoms with Crippen LogP contribution in [0.1, 0.15) is 24.0 Å². The van der Waals surface area contributed by atoms with Crippen LogP contribution >= 0.6 is 0 Å². The molecule has 25 heavy (non-hydrogen) atoms. The van der Waals surface area contributed by atoms with Crippen LogP contribution in [0, 0.1) is 13.8 Å². The Morgan fingerprint density at radius 2 is 1.84 bits per heavy atom. The molecule has 0 fully saturated rings. The Balaban J connectivity index is 1.62. The van der Waals surface area contributed by atoms with Crippen LogP contribution < -0.4 is 10.1 Å². The molecule has 0 aliphatic heterocycles. The van der Waals surface area contributed by atoms with Crippen molar-refractivity contribution in [2.45, 2.75) is 26.7 Å². The fourth-order valence-electron chi connectivity index (χ4n) is 2.23. The van der Waals surface area contributed by atoms with Gasteiger partial charge in [0.1, 0.15) is 5.75 Å². The summed E-state index contributed by atoms with van der Waals surface area (Å²) in [6, 6.07) is 15.2. The molecule has 0 bridgehead atoms. The monoisotopic (exact) mass is 341 g/mol. The van der Waals surface area contributed by atoms with Gasteiger partial charge in [0.2, 0.25) is 0 Å². The number of carbonyl (C=O) groups excluding carboxylic acids is 2. The van der Waals surface area contributed by atoms with E-state index in [1.165, 1.54) is 0 Å². The predicted molar refractivity (Wildman–Crippen MR) is 96.7 cm³/mol. The van der Waals surface area contributed by atoms with Gasteiger partial charge in [-0.1, -0.05) is 30.3 Å². The molecular weight excluding hydrogens is 318 g/mol. The highest BCUT2D eigenvalue weighted by molar-refractivity contribution is 5.93. The summed E-state index contributed by atoms with van der Waals surface area (Å²) in [5.41, 5.74) is 2.79. The van der Waals surface area contributed by atoms with E-state index in [2.05, 4.69) is 5.32 Å². The Bertz CT molecular complexity index is 727. The molecule has 132 valence electrons. The van der Waals surface area contributed by atoms with Gasteiger partial charge < -0.3 is 14.8 Å². The minimum atomic E-state index is -0.409. The van der Waals surface area contributed by atoms with Gasteiger partial charge in [0.05, 0.1) is 6.61 Å². The maximum absolute atomic E-state index is 11.8. The van der Waals surface area contributed by atoms with E-state index >= 15 is 0 Å². The zero-order valence-electron chi connectivity index (χ0n) is 14.6. The van der Waals surface area contributed by atoms with Gasteiger partial charge in [0.25, 0.3) is 5.91 Å². The molecule has 2 aromatic rings. The molecule has 1 N–H and O–H groups in total. The van der Waals surface area contributed by atoms with Crippen molar-refractivity contribution in [3.63, 3.8) is 0 Å². The largest absolute Gasteiger partial charge is 0.494 e. The highest BCUT2D eigenvalue weighted by Gasteiger charge is 2.09. The molecule has 0 aliphatic rings. The Kier molecular flexibility index (Phi) is 7.01. The van der Waals surface area contributed by atoms with E-state index < -0.39 is 5.97 Å². The lowest BCUT2D eigenvalue weighted by Gasteiger charge is -2.09. The number of nitrogens with one attached hydrogen (secondary N) is 1. The van der Waals surface area contributed by atoms with Crippen molar-refractivity contribution in [2.75, 3.05) is 18.5 Å². The quantitative estimate of drug-likeness (QED) is 0.588. The molecule has 0 unspecified atom stereocenters. The van der Waals surface area contributed by atoms with E-state index in [9.17, 15) is 9.59 Å². The third kappa shape index (κ3) is 6.67. The molecule has 0 saturated heterocycles. The number of hydrogen-bond donors (Lipinski definition) is 1. The van der Waals surface area contributed by atoms with E-state index in [1.807, 2.05) is 56.3 Å². The third-order valence-electron chi connectivity index (χ3n) is 3.57. The van der Waals surface area contributed by atoms with Crippen LogP contribution in [0.25, 0.3) is 0 Å². The molecular formula is C20H23NO4. The molecule has 2 aromatic carbocycles. The van der Waals surface area contributed by atoms with Crippen LogP contribution in [-0.2, 0) is 14.3 Å². The standard InChI is InChI=1S/C20H23NO4/c1-15-7-5-9-17(13-15)24-12-6-11-20(23)25-14-19(22)21-18-10-4-3-8-16(18)2/h3-5,7-10,13H,6,11-12,14H2,1-2H3,(H,21,22). The molecule has 0 aromatic heterocycles. The van der Waals surface area contributed by atoms with Gasteiger partial charge in [-0.25, -0.2) is 0 Å². The fourth-order valence-corrected chi connectivity index (χ4v) is 2.23. The zero-order chi connectivity index (χ0) is 18.1. The van der Waals surface area contributed by atoms with Gasteiger partial charge in [-0.2, -0.15) is 0 Å². The lowest BCUT2D eigenvalue weighted by Crippen LogP contribution is -2.21. The summed E-state index contributed by atoms with van der Waals surface area (Å²) in [6.45, 7) is 4.03. The summed E-state index contributed by atoms with van der Waals surface area (Å²) < 4.78 is 10.5. The molecule has 0 heterocycles. The summed E-state index contributed by atoms with van der Waals surface area (Å²) in [5.74, 6) is 0.0254. The first kappa shape index (κ1) is 18.5. The molecule has 5 heteroatoms. The van der Waals surface area contributed by atoms with Gasteiger partial charge in [-0.05, 0) is 49.6 Å². The molecule has 0 radical (unpaired) electrons. The summed E-state index contributed by atoms with van der Waals surface area (Å²) >= 11 is 0. The first-order chi connectivity index (χ1) is 12.0. The summed E-state index contributed by atoms with van der Waals surface area (Å²) in [7, 11) is 0. The van der Waals surface area contributed by atoms with Crippen LogP contribution in [0.15, 0.2) is 48.5 Å². The smallest absolute Gasteiger partial charge is 0.306 e. The average molecular weight is 341 g/mol. The molecule has 0 atom stereocenters. The normalized spacial score (nSPS) is 10.2. The van der Waals surface area contributed by atoms with Gasteiger partial charge in [-0.15, -0.1) is 0 Å². The predicted octanol–water partition coefficient (Wildman–Crippen LogP) is 3.64. The van der Waals surface area contributed by atoms with Crippen LogP contribution in [0.3, 0.4) is 0 Å². The van der Waals surface area contributed by atoms with Crippen LogP contribution in [-0.4, -0.2) is 25.1 Å². The first-order valence-corrected chi connectivity index (χ1v) is 8.25. The number of anilines is 1. The zero-order valence-corrected chi connectivity index (χ0v) is 14.6. The summed E-state index contributed by atoms with van der Waals surface area (Å²) in [5, 5.41) is 2.72. The molecule has 0 aliphatic carbocycles. The highest BCUT2D eigenvalue weighted by Crippen LogP contribution is 2.13. The van der Waals surface area contributed by atoms with E-state index in [1.54, 1.807) is 6.07 Å². The number of ether oxygens (including phenoxy) is 2. The number of esters is 1. The SMILES string of the molecule is Cc1cccc(OCCCC(=O)OCC(=O)Nc2ccccc2C)c1.